The number of ether oxygens (including phenoxy) is 1. The summed E-state index contributed by atoms with van der Waals surface area (Å²) < 4.78 is 33.7. The highest BCUT2D eigenvalue weighted by Gasteiger charge is 2.19. The van der Waals surface area contributed by atoms with E-state index in [1.807, 2.05) is 0 Å². The molecule has 10 nitrogen and oxygen atoms in total. The monoisotopic (exact) mass is 467 g/mol. The Hall–Kier alpha value is -3.05. The van der Waals surface area contributed by atoms with Gasteiger partial charge in [-0.1, -0.05) is 18.5 Å². The van der Waals surface area contributed by atoms with Crippen molar-refractivity contribution >= 4 is 44.3 Å². The number of halogens is 1. The number of benzene rings is 1. The summed E-state index contributed by atoms with van der Waals surface area (Å²) in [4.78, 5) is 16.4. The second kappa shape index (κ2) is 8.98. The van der Waals surface area contributed by atoms with Crippen LogP contribution in [0.1, 0.15) is 19.0 Å². The number of carbonyl (C=O) groups is 1. The number of aromatic nitrogens is 3. The van der Waals surface area contributed by atoms with Crippen molar-refractivity contribution in [2.24, 2.45) is 0 Å². The highest BCUT2D eigenvalue weighted by molar-refractivity contribution is 7.92. The summed E-state index contributed by atoms with van der Waals surface area (Å²) >= 11 is 6.08. The van der Waals surface area contributed by atoms with Gasteiger partial charge in [-0.2, -0.15) is 5.10 Å². The lowest BCUT2D eigenvalue weighted by molar-refractivity contribution is 0.153. The number of hydrogen-bond donors (Lipinski definition) is 2. The van der Waals surface area contributed by atoms with Crippen molar-refractivity contribution in [3.8, 4) is 11.4 Å². The van der Waals surface area contributed by atoms with Crippen LogP contribution in [0.25, 0.3) is 16.6 Å². The number of nitrogens with one attached hydrogen (secondary N) is 1. The Balaban J connectivity index is 2.10. The topological polar surface area (TPSA) is 127 Å². The molecule has 2 heterocycles. The Morgan fingerprint density at radius 3 is 2.74 bits per heavy atom. The molecule has 0 saturated heterocycles. The number of sulfonamides is 1. The van der Waals surface area contributed by atoms with Crippen LogP contribution in [-0.4, -0.2) is 59.2 Å². The van der Waals surface area contributed by atoms with E-state index in [0.717, 1.165) is 4.90 Å². The smallest absolute Gasteiger partial charge is 0.407 e. The number of carboxylic acid groups (broad SMARTS) is 1. The molecule has 3 rings (SSSR count). The Bertz CT molecular complexity index is 1230. The number of anilines is 1. The van der Waals surface area contributed by atoms with Gasteiger partial charge >= 0.3 is 6.09 Å². The third kappa shape index (κ3) is 5.00. The number of fused-ring (bicyclic) bond motifs is 1. The van der Waals surface area contributed by atoms with E-state index in [4.69, 9.17) is 16.3 Å². The largest absolute Gasteiger partial charge is 0.494 e. The molecule has 1 aromatic carbocycles. The number of rotatable bonds is 8. The fraction of sp³-hybridized carbons (Fsp3) is 0.316. The van der Waals surface area contributed by atoms with Gasteiger partial charge in [-0.3, -0.25) is 4.72 Å². The number of hydrogen-bond acceptors (Lipinski definition) is 6. The molecule has 0 fully saturated rings. The summed E-state index contributed by atoms with van der Waals surface area (Å²) in [7, 11) is -0.560. The molecule has 0 saturated carbocycles. The molecule has 0 aliphatic rings. The predicted molar refractivity (Wildman–Crippen MR) is 118 cm³/mol. The maximum Gasteiger partial charge on any atom is 0.407 e. The molecule has 0 unspecified atom stereocenters. The normalized spacial score (nSPS) is 11.5. The number of pyridine rings is 1. The minimum absolute atomic E-state index is 0.00676. The minimum Gasteiger partial charge on any atom is -0.494 e. The van der Waals surface area contributed by atoms with Crippen LogP contribution in [-0.2, 0) is 16.6 Å². The first-order chi connectivity index (χ1) is 14.6. The zero-order valence-electron chi connectivity index (χ0n) is 17.2. The lowest BCUT2D eigenvalue weighted by Gasteiger charge is -2.13. The zero-order valence-corrected chi connectivity index (χ0v) is 18.7. The van der Waals surface area contributed by atoms with Gasteiger partial charge in [0.1, 0.15) is 16.6 Å². The molecule has 0 radical (unpaired) electrons. The standard InChI is InChI=1S/C19H22ClN5O5S/c1-4-7-31(28,29)23-12-5-6-15(17(8-12)30-3)25-16-9-18(20)21-10-13(16)14(22-25)11-24(2)19(26)27/h5-6,8-10,23H,4,7,11H2,1-3H3,(H,26,27). The summed E-state index contributed by atoms with van der Waals surface area (Å²) in [5.41, 5.74) is 1.97. The second-order valence-corrected chi connectivity index (χ2v) is 9.06. The summed E-state index contributed by atoms with van der Waals surface area (Å²) in [5, 5.41) is 14.6. The van der Waals surface area contributed by atoms with E-state index < -0.39 is 16.1 Å². The third-order valence-corrected chi connectivity index (χ3v) is 6.18. The van der Waals surface area contributed by atoms with Crippen molar-refractivity contribution in [3.05, 3.63) is 41.3 Å². The van der Waals surface area contributed by atoms with Gasteiger partial charge in [0, 0.05) is 30.8 Å². The van der Waals surface area contributed by atoms with Gasteiger partial charge in [0.25, 0.3) is 0 Å². The maximum absolute atomic E-state index is 12.1. The summed E-state index contributed by atoms with van der Waals surface area (Å²) in [6.07, 6.45) is 0.934. The molecule has 12 heteroatoms. The van der Waals surface area contributed by atoms with Crippen LogP contribution in [0, 0.1) is 0 Å². The summed E-state index contributed by atoms with van der Waals surface area (Å²) in [6, 6.07) is 6.44. The average molecular weight is 468 g/mol. The van der Waals surface area contributed by atoms with Crippen LogP contribution in [0.4, 0.5) is 10.5 Å². The Morgan fingerprint density at radius 2 is 2.10 bits per heavy atom. The Kier molecular flexibility index (Phi) is 6.56. The van der Waals surface area contributed by atoms with Gasteiger partial charge in [-0.05, 0) is 18.6 Å². The Labute approximate surface area is 184 Å². The first kappa shape index (κ1) is 22.6. The molecule has 0 aliphatic carbocycles. The van der Waals surface area contributed by atoms with Crippen LogP contribution in [0.5, 0.6) is 5.75 Å². The quantitative estimate of drug-likeness (QED) is 0.486. The van der Waals surface area contributed by atoms with Gasteiger partial charge in [-0.15, -0.1) is 0 Å². The van der Waals surface area contributed by atoms with Crippen LogP contribution in [0.3, 0.4) is 0 Å². The van der Waals surface area contributed by atoms with Crippen LogP contribution in [0.15, 0.2) is 30.5 Å². The number of nitrogens with zero attached hydrogens (tertiary/aromatic N) is 4. The van der Waals surface area contributed by atoms with Gasteiger partial charge in [0.05, 0.1) is 36.3 Å². The van der Waals surface area contributed by atoms with Gasteiger partial charge in [0.2, 0.25) is 10.0 Å². The van der Waals surface area contributed by atoms with E-state index in [1.54, 1.807) is 35.9 Å². The van der Waals surface area contributed by atoms with Crippen molar-refractivity contribution in [1.29, 1.82) is 0 Å². The molecular formula is C19H22ClN5O5S. The molecular weight excluding hydrogens is 446 g/mol. The summed E-state index contributed by atoms with van der Waals surface area (Å²) in [5.74, 6) is 0.375. The third-order valence-electron chi connectivity index (χ3n) is 4.48. The van der Waals surface area contributed by atoms with E-state index in [-0.39, 0.29) is 17.5 Å². The highest BCUT2D eigenvalue weighted by atomic mass is 35.5. The van der Waals surface area contributed by atoms with Crippen LogP contribution >= 0.6 is 11.6 Å². The van der Waals surface area contributed by atoms with Crippen molar-refractivity contribution in [2.75, 3.05) is 24.6 Å². The second-order valence-electron chi connectivity index (χ2n) is 6.83. The van der Waals surface area contributed by atoms with Crippen LogP contribution in [0.2, 0.25) is 5.15 Å². The molecule has 2 aromatic heterocycles. The van der Waals surface area contributed by atoms with Crippen molar-refractivity contribution in [2.45, 2.75) is 19.9 Å². The van der Waals surface area contributed by atoms with E-state index >= 15 is 0 Å². The molecule has 31 heavy (non-hydrogen) atoms. The van der Waals surface area contributed by atoms with Crippen molar-refractivity contribution < 1.29 is 23.1 Å². The zero-order chi connectivity index (χ0) is 22.8. The van der Waals surface area contributed by atoms with Crippen molar-refractivity contribution in [3.63, 3.8) is 0 Å². The Morgan fingerprint density at radius 1 is 1.35 bits per heavy atom. The molecule has 2 N–H and O–H groups in total. The molecule has 0 atom stereocenters. The van der Waals surface area contributed by atoms with E-state index in [1.165, 1.54) is 20.4 Å². The van der Waals surface area contributed by atoms with Gasteiger partial charge in [-0.25, -0.2) is 22.9 Å². The first-order valence-corrected chi connectivity index (χ1v) is 11.3. The van der Waals surface area contributed by atoms with Gasteiger partial charge in [0.15, 0.2) is 0 Å². The SMILES string of the molecule is CCCS(=O)(=O)Nc1ccc(-n2nc(CN(C)C(=O)O)c3cnc(Cl)cc32)c(OC)c1. The molecule has 3 aromatic rings. The fourth-order valence-electron chi connectivity index (χ4n) is 3.05. The molecule has 1 amide bonds. The average Bonchev–Trinajstić information content (AvgIpc) is 3.04. The molecule has 166 valence electrons. The minimum atomic E-state index is -3.46. The summed E-state index contributed by atoms with van der Waals surface area (Å²) in [6.45, 7) is 1.82. The molecule has 0 bridgehead atoms. The maximum atomic E-state index is 12.1. The van der Waals surface area contributed by atoms with E-state index in [0.29, 0.717) is 40.1 Å². The first-order valence-electron chi connectivity index (χ1n) is 9.31. The van der Waals surface area contributed by atoms with E-state index in [2.05, 4.69) is 14.8 Å². The molecule has 0 spiro atoms. The lowest BCUT2D eigenvalue weighted by atomic mass is 10.2. The fourth-order valence-corrected chi connectivity index (χ4v) is 4.33. The van der Waals surface area contributed by atoms with Crippen LogP contribution < -0.4 is 9.46 Å². The number of amides is 1. The molecule has 0 aliphatic heterocycles. The van der Waals surface area contributed by atoms with Crippen molar-refractivity contribution in [1.82, 2.24) is 19.7 Å². The van der Waals surface area contributed by atoms with Gasteiger partial charge < -0.3 is 14.7 Å². The predicted octanol–water partition coefficient (Wildman–Crippen LogP) is 3.34. The number of methoxy groups -OCH3 is 1. The van der Waals surface area contributed by atoms with E-state index in [9.17, 15) is 18.3 Å². The lowest BCUT2D eigenvalue weighted by Crippen LogP contribution is -2.24. The highest BCUT2D eigenvalue weighted by Crippen LogP contribution is 2.31.